The van der Waals surface area contributed by atoms with Gasteiger partial charge in [0.1, 0.15) is 11.6 Å². The molecule has 5 heteroatoms. The Morgan fingerprint density at radius 2 is 1.41 bits per heavy atom. The van der Waals surface area contributed by atoms with Crippen molar-refractivity contribution < 1.29 is 22.0 Å². The monoisotopic (exact) mass is 400 g/mol. The molecule has 1 aliphatic rings. The fourth-order valence-electron chi connectivity index (χ4n) is 3.73. The fourth-order valence-corrected chi connectivity index (χ4v) is 3.73. The molecule has 148 valence electrons. The van der Waals surface area contributed by atoms with Crippen molar-refractivity contribution in [3.05, 3.63) is 93.8 Å². The summed E-state index contributed by atoms with van der Waals surface area (Å²) in [5.41, 5.74) is 3.06. The van der Waals surface area contributed by atoms with Crippen molar-refractivity contribution in [1.29, 1.82) is 0 Å². The number of halogens is 5. The van der Waals surface area contributed by atoms with Gasteiger partial charge >= 0.3 is 0 Å². The molecule has 0 N–H and O–H groups in total. The summed E-state index contributed by atoms with van der Waals surface area (Å²) in [6.07, 6.45) is 3.23. The molecule has 0 unspecified atom stereocenters. The second-order valence-corrected chi connectivity index (χ2v) is 7.09. The Balaban J connectivity index is 1.76. The van der Waals surface area contributed by atoms with Crippen LogP contribution in [0.1, 0.15) is 35.6 Å². The zero-order valence-corrected chi connectivity index (χ0v) is 15.6. The van der Waals surface area contributed by atoms with E-state index in [0.717, 1.165) is 29.7 Å². The molecule has 0 aromatic heterocycles. The van der Waals surface area contributed by atoms with Crippen LogP contribution in [-0.4, -0.2) is 0 Å². The fraction of sp³-hybridized carbons (Fsp3) is 0.167. The van der Waals surface area contributed by atoms with E-state index in [-0.39, 0.29) is 16.9 Å². The van der Waals surface area contributed by atoms with Gasteiger partial charge in [-0.25, -0.2) is 22.0 Å². The Morgan fingerprint density at radius 3 is 2.07 bits per heavy atom. The van der Waals surface area contributed by atoms with Crippen molar-refractivity contribution in [2.24, 2.45) is 0 Å². The lowest BCUT2D eigenvalue weighted by Gasteiger charge is -2.20. The van der Waals surface area contributed by atoms with Crippen molar-refractivity contribution in [1.82, 2.24) is 0 Å². The van der Waals surface area contributed by atoms with Crippen LogP contribution in [-0.2, 0) is 12.8 Å². The van der Waals surface area contributed by atoms with E-state index >= 15 is 4.39 Å². The minimum Gasteiger partial charge on any atom is -0.206 e. The van der Waals surface area contributed by atoms with Crippen molar-refractivity contribution >= 4 is 11.6 Å². The predicted octanol–water partition coefficient (Wildman–Crippen LogP) is 7.10. The molecule has 0 amide bonds. The highest BCUT2D eigenvalue weighted by Gasteiger charge is 2.21. The van der Waals surface area contributed by atoms with Crippen molar-refractivity contribution in [3.8, 4) is 11.1 Å². The van der Waals surface area contributed by atoms with Crippen LogP contribution in [0, 0.1) is 29.1 Å². The predicted molar refractivity (Wildman–Crippen MR) is 104 cm³/mol. The van der Waals surface area contributed by atoms with Gasteiger partial charge in [0.2, 0.25) is 0 Å². The average molecular weight is 400 g/mol. The lowest BCUT2D eigenvalue weighted by molar-refractivity contribution is 0.447. The first-order valence-electron chi connectivity index (χ1n) is 9.34. The van der Waals surface area contributed by atoms with Crippen LogP contribution in [0.15, 0.2) is 42.5 Å². The molecule has 0 spiro atoms. The number of aryl methyl sites for hydroxylation is 1. The van der Waals surface area contributed by atoms with Gasteiger partial charge in [-0.1, -0.05) is 37.3 Å². The molecule has 0 aliphatic heterocycles. The van der Waals surface area contributed by atoms with Gasteiger partial charge in [0.25, 0.3) is 0 Å². The first kappa shape index (κ1) is 19.4. The molecular formula is C24H17F5. The van der Waals surface area contributed by atoms with Gasteiger partial charge < -0.3 is 0 Å². The van der Waals surface area contributed by atoms with Crippen LogP contribution in [0.5, 0.6) is 0 Å². The van der Waals surface area contributed by atoms with Gasteiger partial charge in [-0.15, -0.1) is 0 Å². The molecule has 3 aromatic rings. The smallest absolute Gasteiger partial charge is 0.194 e. The third-order valence-corrected chi connectivity index (χ3v) is 5.34. The van der Waals surface area contributed by atoms with E-state index < -0.39 is 23.3 Å². The molecule has 0 heterocycles. The third kappa shape index (κ3) is 3.46. The van der Waals surface area contributed by atoms with Crippen LogP contribution in [0.25, 0.3) is 22.8 Å². The first-order chi connectivity index (χ1) is 13.9. The zero-order chi connectivity index (χ0) is 20.7. The summed E-state index contributed by atoms with van der Waals surface area (Å²) in [5, 5.41) is 0. The summed E-state index contributed by atoms with van der Waals surface area (Å²) >= 11 is 0. The number of allylic oxidation sites excluding steroid dienone is 1. The third-order valence-electron chi connectivity index (χ3n) is 5.34. The maximum atomic E-state index is 15.1. The van der Waals surface area contributed by atoms with E-state index in [9.17, 15) is 17.6 Å². The molecule has 29 heavy (non-hydrogen) atoms. The summed E-state index contributed by atoms with van der Waals surface area (Å²) in [6.45, 7) is 1.95. The highest BCUT2D eigenvalue weighted by atomic mass is 19.2. The van der Waals surface area contributed by atoms with Crippen LogP contribution in [0.3, 0.4) is 0 Å². The molecule has 0 bridgehead atoms. The number of benzene rings is 3. The summed E-state index contributed by atoms with van der Waals surface area (Å²) < 4.78 is 69.8. The van der Waals surface area contributed by atoms with Gasteiger partial charge in [0.15, 0.2) is 17.5 Å². The highest BCUT2D eigenvalue weighted by Crippen LogP contribution is 2.36. The van der Waals surface area contributed by atoms with Gasteiger partial charge in [-0.2, -0.15) is 0 Å². The maximum Gasteiger partial charge on any atom is 0.194 e. The number of rotatable bonds is 3. The van der Waals surface area contributed by atoms with Gasteiger partial charge in [-0.05, 0) is 65.3 Å². The van der Waals surface area contributed by atoms with Crippen LogP contribution < -0.4 is 0 Å². The van der Waals surface area contributed by atoms with Gasteiger partial charge in [-0.3, -0.25) is 0 Å². The molecule has 0 radical (unpaired) electrons. The van der Waals surface area contributed by atoms with Crippen molar-refractivity contribution in [2.45, 2.75) is 26.2 Å². The van der Waals surface area contributed by atoms with Crippen LogP contribution >= 0.6 is 0 Å². The van der Waals surface area contributed by atoms with Gasteiger partial charge in [0, 0.05) is 11.1 Å². The van der Waals surface area contributed by atoms with E-state index in [1.807, 2.05) is 13.0 Å². The summed E-state index contributed by atoms with van der Waals surface area (Å²) in [6, 6.07) is 9.69. The van der Waals surface area contributed by atoms with E-state index in [1.54, 1.807) is 18.2 Å². The van der Waals surface area contributed by atoms with Gasteiger partial charge in [0.05, 0.1) is 0 Å². The molecule has 3 aromatic carbocycles. The number of hydrogen-bond acceptors (Lipinski definition) is 0. The molecular weight excluding hydrogens is 383 g/mol. The molecule has 0 atom stereocenters. The Kier molecular flexibility index (Phi) is 4.99. The largest absolute Gasteiger partial charge is 0.206 e. The van der Waals surface area contributed by atoms with Crippen LogP contribution in [0.4, 0.5) is 22.0 Å². The minimum absolute atomic E-state index is 0.00289. The van der Waals surface area contributed by atoms with Crippen molar-refractivity contribution in [3.63, 3.8) is 0 Å². The molecule has 4 rings (SSSR count). The molecule has 0 saturated carbocycles. The Morgan fingerprint density at radius 1 is 0.724 bits per heavy atom. The van der Waals surface area contributed by atoms with E-state index in [2.05, 4.69) is 0 Å². The van der Waals surface area contributed by atoms with Crippen LogP contribution in [0.2, 0.25) is 0 Å². The maximum absolute atomic E-state index is 15.1. The standard InChI is InChI=1S/C24H17F5/c1-2-13-3-6-17(20(25)9-13)14-4-7-18-15(10-14)5-8-19(23(18)28)16-11-21(26)24(29)22(27)12-16/h3,5-6,8-12H,2,4,7H2,1H3. The Bertz CT molecular complexity index is 1120. The normalized spacial score (nSPS) is 13.2. The SMILES string of the molecule is CCc1ccc(C2=Cc3ccc(-c4cc(F)c(F)c(F)c4)c(F)c3CC2)c(F)c1. The summed E-state index contributed by atoms with van der Waals surface area (Å²) in [5.74, 6) is -5.25. The van der Waals surface area contributed by atoms with E-state index in [0.29, 0.717) is 29.5 Å². The summed E-state index contributed by atoms with van der Waals surface area (Å²) in [4.78, 5) is 0. The second kappa shape index (κ2) is 7.47. The molecule has 0 nitrogen and oxygen atoms in total. The number of hydrogen-bond donors (Lipinski definition) is 0. The highest BCUT2D eigenvalue weighted by molar-refractivity contribution is 5.85. The molecule has 0 fully saturated rings. The number of fused-ring (bicyclic) bond motifs is 1. The van der Waals surface area contributed by atoms with E-state index in [4.69, 9.17) is 0 Å². The van der Waals surface area contributed by atoms with E-state index in [1.165, 1.54) is 12.1 Å². The minimum atomic E-state index is -1.59. The van der Waals surface area contributed by atoms with Crippen molar-refractivity contribution in [2.75, 3.05) is 0 Å². The summed E-state index contributed by atoms with van der Waals surface area (Å²) in [7, 11) is 0. The molecule has 1 aliphatic carbocycles. The topological polar surface area (TPSA) is 0 Å². The Hall–Kier alpha value is -2.95. The zero-order valence-electron chi connectivity index (χ0n) is 15.6. The first-order valence-corrected chi connectivity index (χ1v) is 9.34. The lowest BCUT2D eigenvalue weighted by atomic mass is 9.86. The Labute approximate surface area is 165 Å². The second-order valence-electron chi connectivity index (χ2n) is 7.09. The lowest BCUT2D eigenvalue weighted by Crippen LogP contribution is -2.05. The molecule has 0 saturated heterocycles. The quantitative estimate of drug-likeness (QED) is 0.325. The average Bonchev–Trinajstić information content (AvgIpc) is 2.71.